The first-order chi connectivity index (χ1) is 6.47. The van der Waals surface area contributed by atoms with Crippen molar-refractivity contribution in [2.75, 3.05) is 26.7 Å². The van der Waals surface area contributed by atoms with Crippen molar-refractivity contribution in [2.24, 2.45) is 0 Å². The third-order valence-corrected chi connectivity index (χ3v) is 1.57. The van der Waals surface area contributed by atoms with Crippen LogP contribution >= 0.6 is 0 Å². The topological polar surface area (TPSA) is 49.8 Å². The summed E-state index contributed by atoms with van der Waals surface area (Å²) in [6.45, 7) is 1.42. The lowest BCUT2D eigenvalue weighted by Crippen LogP contribution is -2.38. The van der Waals surface area contributed by atoms with E-state index in [1.807, 2.05) is 0 Å². The van der Waals surface area contributed by atoms with Crippen LogP contribution in [0.2, 0.25) is 0 Å². The average molecular weight is 211 g/mol. The highest BCUT2D eigenvalue weighted by molar-refractivity contribution is 5.72. The maximum absolute atomic E-state index is 11.9. The van der Waals surface area contributed by atoms with Gasteiger partial charge in [-0.25, -0.2) is 13.6 Å². The number of alkyl halides is 2. The van der Waals surface area contributed by atoms with E-state index in [2.05, 4.69) is 0 Å². The molecule has 0 aromatic heterocycles. The second-order valence-electron chi connectivity index (χ2n) is 2.89. The fraction of sp³-hybridized carbons (Fsp3) is 0.875. The van der Waals surface area contributed by atoms with Crippen molar-refractivity contribution in [1.82, 2.24) is 4.90 Å². The molecule has 0 bridgehead atoms. The van der Waals surface area contributed by atoms with Crippen LogP contribution in [0.15, 0.2) is 0 Å². The van der Waals surface area contributed by atoms with E-state index in [4.69, 9.17) is 9.84 Å². The van der Waals surface area contributed by atoms with Gasteiger partial charge in [0.2, 0.25) is 0 Å². The summed E-state index contributed by atoms with van der Waals surface area (Å²) in [6, 6.07) is 0. The molecule has 84 valence electrons. The van der Waals surface area contributed by atoms with Crippen LogP contribution in [-0.4, -0.2) is 55.2 Å². The van der Waals surface area contributed by atoms with Gasteiger partial charge in [-0.1, -0.05) is 0 Å². The number of carboxylic acid groups (broad SMARTS) is 1. The van der Waals surface area contributed by atoms with Gasteiger partial charge < -0.3 is 9.84 Å². The number of carboxylic acids is 1. The van der Waals surface area contributed by atoms with E-state index in [0.717, 1.165) is 0 Å². The first-order valence-corrected chi connectivity index (χ1v) is 4.28. The minimum Gasteiger partial charge on any atom is -0.479 e. The van der Waals surface area contributed by atoms with E-state index in [0.29, 0.717) is 0 Å². The van der Waals surface area contributed by atoms with Gasteiger partial charge in [-0.3, -0.25) is 4.90 Å². The highest BCUT2D eigenvalue weighted by atomic mass is 19.3. The zero-order chi connectivity index (χ0) is 11.1. The minimum absolute atomic E-state index is 0.0342. The third-order valence-electron chi connectivity index (χ3n) is 1.57. The van der Waals surface area contributed by atoms with Crippen molar-refractivity contribution >= 4 is 5.97 Å². The molecule has 1 N–H and O–H groups in total. The van der Waals surface area contributed by atoms with Crippen molar-refractivity contribution < 1.29 is 23.4 Å². The zero-order valence-electron chi connectivity index (χ0n) is 8.24. The molecule has 0 aliphatic carbocycles. The predicted molar refractivity (Wildman–Crippen MR) is 46.6 cm³/mol. The first-order valence-electron chi connectivity index (χ1n) is 4.28. The fourth-order valence-corrected chi connectivity index (χ4v) is 0.996. The number of hydrogen-bond donors (Lipinski definition) is 1. The SMILES string of the molecule is CCOC(CN(C)CC(F)F)C(=O)O. The van der Waals surface area contributed by atoms with Crippen LogP contribution in [0.1, 0.15) is 6.92 Å². The lowest BCUT2D eigenvalue weighted by Gasteiger charge is -2.20. The molecular weight excluding hydrogens is 196 g/mol. The number of hydrogen-bond acceptors (Lipinski definition) is 3. The Kier molecular flexibility index (Phi) is 6.31. The molecule has 0 aromatic rings. The summed E-state index contributed by atoms with van der Waals surface area (Å²) in [5, 5.41) is 8.65. The molecule has 4 nitrogen and oxygen atoms in total. The number of ether oxygens (including phenoxy) is 1. The van der Waals surface area contributed by atoms with E-state index in [1.165, 1.54) is 11.9 Å². The maximum Gasteiger partial charge on any atom is 0.334 e. The molecule has 0 saturated heterocycles. The molecule has 0 heterocycles. The Balaban J connectivity index is 3.95. The highest BCUT2D eigenvalue weighted by Crippen LogP contribution is 2.00. The first kappa shape index (κ1) is 13.2. The van der Waals surface area contributed by atoms with Crippen LogP contribution < -0.4 is 0 Å². The van der Waals surface area contributed by atoms with Gasteiger partial charge in [-0.05, 0) is 14.0 Å². The summed E-state index contributed by atoms with van der Waals surface area (Å²) in [7, 11) is 1.43. The predicted octanol–water partition coefficient (Wildman–Crippen LogP) is 0.673. The molecule has 0 spiro atoms. The van der Waals surface area contributed by atoms with Gasteiger partial charge in [-0.2, -0.15) is 0 Å². The molecule has 0 fully saturated rings. The molecule has 0 aliphatic heterocycles. The van der Waals surface area contributed by atoms with Crippen LogP contribution in [0.4, 0.5) is 8.78 Å². The molecule has 14 heavy (non-hydrogen) atoms. The molecule has 0 amide bonds. The van der Waals surface area contributed by atoms with E-state index >= 15 is 0 Å². The van der Waals surface area contributed by atoms with Crippen LogP contribution in [0, 0.1) is 0 Å². The Labute approximate surface area is 81.5 Å². The van der Waals surface area contributed by atoms with Gasteiger partial charge in [-0.15, -0.1) is 0 Å². The third kappa shape index (κ3) is 5.82. The van der Waals surface area contributed by atoms with Crippen LogP contribution in [0.5, 0.6) is 0 Å². The largest absolute Gasteiger partial charge is 0.479 e. The Hall–Kier alpha value is -0.750. The number of nitrogens with zero attached hydrogens (tertiary/aromatic N) is 1. The molecule has 0 aliphatic rings. The van der Waals surface area contributed by atoms with Crippen LogP contribution in [0.3, 0.4) is 0 Å². The van der Waals surface area contributed by atoms with Gasteiger partial charge >= 0.3 is 5.97 Å². The Morgan fingerprint density at radius 1 is 1.50 bits per heavy atom. The average Bonchev–Trinajstić information content (AvgIpc) is 2.01. The lowest BCUT2D eigenvalue weighted by atomic mass is 10.3. The number of halogens is 2. The molecule has 0 rings (SSSR count). The molecule has 0 saturated carbocycles. The van der Waals surface area contributed by atoms with Crippen molar-refractivity contribution in [3.05, 3.63) is 0 Å². The fourth-order valence-electron chi connectivity index (χ4n) is 0.996. The Morgan fingerprint density at radius 2 is 2.07 bits per heavy atom. The molecule has 1 unspecified atom stereocenters. The van der Waals surface area contributed by atoms with E-state index < -0.39 is 25.0 Å². The number of aliphatic carboxylic acids is 1. The van der Waals surface area contributed by atoms with E-state index in [9.17, 15) is 13.6 Å². The summed E-state index contributed by atoms with van der Waals surface area (Å²) >= 11 is 0. The summed E-state index contributed by atoms with van der Waals surface area (Å²) in [5.74, 6) is -1.13. The second-order valence-corrected chi connectivity index (χ2v) is 2.89. The molecule has 0 radical (unpaired) electrons. The standard InChI is InChI=1S/C8H15F2NO3/c1-3-14-6(8(12)13)4-11(2)5-7(9)10/h6-7H,3-5H2,1-2H3,(H,12,13). The quantitative estimate of drug-likeness (QED) is 0.672. The molecule has 0 aromatic carbocycles. The number of likely N-dealkylation sites (N-methyl/N-ethyl adjacent to an activating group) is 1. The lowest BCUT2D eigenvalue weighted by molar-refractivity contribution is -0.151. The van der Waals surface area contributed by atoms with Crippen molar-refractivity contribution in [1.29, 1.82) is 0 Å². The highest BCUT2D eigenvalue weighted by Gasteiger charge is 2.20. The summed E-state index contributed by atoms with van der Waals surface area (Å²) in [5.41, 5.74) is 0. The normalized spacial score (nSPS) is 13.6. The summed E-state index contributed by atoms with van der Waals surface area (Å²) < 4.78 is 28.7. The monoisotopic (exact) mass is 211 g/mol. The van der Waals surface area contributed by atoms with E-state index in [-0.39, 0.29) is 13.2 Å². The zero-order valence-corrected chi connectivity index (χ0v) is 8.24. The van der Waals surface area contributed by atoms with Crippen molar-refractivity contribution in [3.63, 3.8) is 0 Å². The number of carbonyl (C=O) groups is 1. The second kappa shape index (κ2) is 6.67. The van der Waals surface area contributed by atoms with E-state index in [1.54, 1.807) is 6.92 Å². The van der Waals surface area contributed by atoms with Crippen LogP contribution in [-0.2, 0) is 9.53 Å². The smallest absolute Gasteiger partial charge is 0.334 e. The van der Waals surface area contributed by atoms with Gasteiger partial charge in [0, 0.05) is 13.2 Å². The maximum atomic E-state index is 11.9. The van der Waals surface area contributed by atoms with Crippen molar-refractivity contribution in [2.45, 2.75) is 19.5 Å². The van der Waals surface area contributed by atoms with Gasteiger partial charge in [0.15, 0.2) is 6.10 Å². The molecule has 6 heteroatoms. The molecule has 1 atom stereocenters. The summed E-state index contributed by atoms with van der Waals surface area (Å²) in [6.07, 6.45) is -3.50. The number of rotatable bonds is 7. The van der Waals surface area contributed by atoms with Gasteiger partial charge in [0.05, 0.1) is 6.54 Å². The Bertz CT molecular complexity index is 178. The Morgan fingerprint density at radius 3 is 2.43 bits per heavy atom. The summed E-state index contributed by atoms with van der Waals surface area (Å²) in [4.78, 5) is 11.8. The van der Waals surface area contributed by atoms with Crippen LogP contribution in [0.25, 0.3) is 0 Å². The van der Waals surface area contributed by atoms with Gasteiger partial charge in [0.25, 0.3) is 6.43 Å². The van der Waals surface area contributed by atoms with Gasteiger partial charge in [0.1, 0.15) is 0 Å². The molecular formula is C8H15F2NO3. The minimum atomic E-state index is -2.46. The van der Waals surface area contributed by atoms with Crippen molar-refractivity contribution in [3.8, 4) is 0 Å².